The molecule has 30 heavy (non-hydrogen) atoms. The van der Waals surface area contributed by atoms with Gasteiger partial charge in [0.25, 0.3) is 11.6 Å². The number of para-hydroxylation sites is 1. The monoisotopic (exact) mass is 449 g/mol. The first-order valence-corrected chi connectivity index (χ1v) is 9.90. The lowest BCUT2D eigenvalue weighted by molar-refractivity contribution is -0.384. The maximum atomic E-state index is 12.8. The van der Waals surface area contributed by atoms with E-state index in [1.807, 2.05) is 6.92 Å². The Labute approximate surface area is 179 Å². The number of carbonyl (C=O) groups is 2. The van der Waals surface area contributed by atoms with Gasteiger partial charge in [-0.25, -0.2) is 0 Å². The van der Waals surface area contributed by atoms with Gasteiger partial charge >= 0.3 is 5.97 Å². The van der Waals surface area contributed by atoms with Gasteiger partial charge in [-0.2, -0.15) is 4.99 Å². The van der Waals surface area contributed by atoms with E-state index in [9.17, 15) is 19.7 Å². The summed E-state index contributed by atoms with van der Waals surface area (Å²) in [6.07, 6.45) is 0. The second-order valence-corrected chi connectivity index (χ2v) is 7.34. The normalized spacial score (nSPS) is 11.5. The third kappa shape index (κ3) is 4.34. The number of non-ortho nitro benzene ring substituents is 1. The van der Waals surface area contributed by atoms with E-state index in [1.165, 1.54) is 35.1 Å². The van der Waals surface area contributed by atoms with Crippen molar-refractivity contribution >= 4 is 50.7 Å². The number of hydrogen-bond acceptors (Lipinski definition) is 7. The van der Waals surface area contributed by atoms with Crippen LogP contribution in [-0.2, 0) is 16.1 Å². The summed E-state index contributed by atoms with van der Waals surface area (Å²) in [6, 6.07) is 8.87. The number of carbonyl (C=O) groups excluding carboxylic acids is 2. The minimum Gasteiger partial charge on any atom is -0.492 e. The summed E-state index contributed by atoms with van der Waals surface area (Å²) >= 11 is 7.22. The minimum absolute atomic E-state index is 0.0324. The number of fused-ring (bicyclic) bond motifs is 1. The third-order valence-corrected chi connectivity index (χ3v) is 5.44. The molecule has 0 fully saturated rings. The van der Waals surface area contributed by atoms with Crippen molar-refractivity contribution in [2.45, 2.75) is 13.5 Å². The number of nitro benzene ring substituents is 1. The molecule has 0 N–H and O–H groups in total. The predicted octanol–water partition coefficient (Wildman–Crippen LogP) is 3.58. The number of methoxy groups -OCH3 is 1. The Kier molecular flexibility index (Phi) is 6.48. The number of benzene rings is 2. The van der Waals surface area contributed by atoms with Crippen molar-refractivity contribution in [3.05, 3.63) is 61.9 Å². The van der Waals surface area contributed by atoms with Crippen LogP contribution in [0.4, 0.5) is 5.69 Å². The van der Waals surface area contributed by atoms with Crippen molar-refractivity contribution in [2.75, 3.05) is 13.7 Å². The summed E-state index contributed by atoms with van der Waals surface area (Å²) in [7, 11) is 1.26. The molecule has 1 heterocycles. The average Bonchev–Trinajstić information content (AvgIpc) is 3.06. The van der Waals surface area contributed by atoms with E-state index in [-0.39, 0.29) is 27.6 Å². The molecule has 3 aromatic rings. The second-order valence-electron chi connectivity index (χ2n) is 5.92. The number of halogens is 1. The molecular formula is C19H16ClN3O6S. The van der Waals surface area contributed by atoms with E-state index in [0.29, 0.717) is 17.9 Å². The van der Waals surface area contributed by atoms with E-state index >= 15 is 0 Å². The van der Waals surface area contributed by atoms with Crippen molar-refractivity contribution in [3.63, 3.8) is 0 Å². The van der Waals surface area contributed by atoms with Crippen LogP contribution >= 0.6 is 22.9 Å². The Morgan fingerprint density at radius 2 is 2.07 bits per heavy atom. The molecule has 156 valence electrons. The van der Waals surface area contributed by atoms with Gasteiger partial charge in [0.2, 0.25) is 0 Å². The van der Waals surface area contributed by atoms with Crippen LogP contribution in [0.1, 0.15) is 17.3 Å². The van der Waals surface area contributed by atoms with Crippen LogP contribution in [0.15, 0.2) is 41.4 Å². The molecule has 0 spiro atoms. The summed E-state index contributed by atoms with van der Waals surface area (Å²) in [5.41, 5.74) is 0.194. The largest absolute Gasteiger partial charge is 0.492 e. The van der Waals surface area contributed by atoms with Gasteiger partial charge < -0.3 is 14.0 Å². The molecule has 1 aromatic heterocycles. The fourth-order valence-corrected chi connectivity index (χ4v) is 3.98. The van der Waals surface area contributed by atoms with Gasteiger partial charge in [0.1, 0.15) is 17.8 Å². The van der Waals surface area contributed by atoms with Gasteiger partial charge in [-0.3, -0.25) is 19.7 Å². The summed E-state index contributed by atoms with van der Waals surface area (Å²) in [5, 5.41) is 11.1. The molecule has 0 saturated carbocycles. The molecule has 11 heteroatoms. The van der Waals surface area contributed by atoms with Crippen LogP contribution in [0.2, 0.25) is 5.02 Å². The summed E-state index contributed by atoms with van der Waals surface area (Å²) in [6.45, 7) is 2.03. The zero-order valence-corrected chi connectivity index (χ0v) is 17.5. The summed E-state index contributed by atoms with van der Waals surface area (Å²) < 4.78 is 12.7. The lowest BCUT2D eigenvalue weighted by Crippen LogP contribution is -2.22. The highest BCUT2D eigenvalue weighted by Crippen LogP contribution is 2.28. The van der Waals surface area contributed by atoms with E-state index in [1.54, 1.807) is 18.2 Å². The number of amides is 1. The Bertz CT molecular complexity index is 1220. The topological polar surface area (TPSA) is 113 Å². The molecule has 0 unspecified atom stereocenters. The zero-order chi connectivity index (χ0) is 21.8. The van der Waals surface area contributed by atoms with Crippen LogP contribution in [0, 0.1) is 10.1 Å². The minimum atomic E-state index is -0.771. The Morgan fingerprint density at radius 3 is 2.73 bits per heavy atom. The van der Waals surface area contributed by atoms with E-state index < -0.39 is 16.8 Å². The number of ether oxygens (including phenoxy) is 2. The van der Waals surface area contributed by atoms with Crippen molar-refractivity contribution in [1.82, 2.24) is 4.57 Å². The maximum absolute atomic E-state index is 12.8. The van der Waals surface area contributed by atoms with Crippen LogP contribution in [0.3, 0.4) is 0 Å². The quantitative estimate of drug-likeness (QED) is 0.323. The van der Waals surface area contributed by atoms with Gasteiger partial charge in [0.15, 0.2) is 4.80 Å². The highest BCUT2D eigenvalue weighted by Gasteiger charge is 2.18. The van der Waals surface area contributed by atoms with Crippen molar-refractivity contribution < 1.29 is 24.0 Å². The number of esters is 1. The van der Waals surface area contributed by atoms with Crippen molar-refractivity contribution in [2.24, 2.45) is 4.99 Å². The Hall–Kier alpha value is -3.24. The Balaban J connectivity index is 2.21. The van der Waals surface area contributed by atoms with Gasteiger partial charge in [-0.1, -0.05) is 29.0 Å². The molecular weight excluding hydrogens is 434 g/mol. The van der Waals surface area contributed by atoms with E-state index in [4.69, 9.17) is 21.1 Å². The SMILES string of the molecule is CCOc1cccc2sc(=NC(=O)c3cc([N+](=O)[O-])ccc3Cl)n(CC(=O)OC)c12. The highest BCUT2D eigenvalue weighted by atomic mass is 35.5. The second kappa shape index (κ2) is 9.06. The van der Waals surface area contributed by atoms with Gasteiger partial charge in [-0.15, -0.1) is 0 Å². The summed E-state index contributed by atoms with van der Waals surface area (Å²) in [4.78, 5) is 39.4. The van der Waals surface area contributed by atoms with Gasteiger partial charge in [0, 0.05) is 12.1 Å². The third-order valence-electron chi connectivity index (χ3n) is 4.07. The standard InChI is InChI=1S/C19H16ClN3O6S/c1-3-29-14-5-4-6-15-17(14)22(10-16(24)28-2)19(30-15)21-18(25)12-9-11(23(26)27)7-8-13(12)20/h4-9H,3,10H2,1-2H3. The highest BCUT2D eigenvalue weighted by molar-refractivity contribution is 7.16. The molecule has 0 saturated heterocycles. The fourth-order valence-electron chi connectivity index (χ4n) is 2.73. The van der Waals surface area contributed by atoms with Crippen LogP contribution < -0.4 is 9.54 Å². The summed E-state index contributed by atoms with van der Waals surface area (Å²) in [5.74, 6) is -0.785. The number of rotatable bonds is 6. The number of aromatic nitrogens is 1. The van der Waals surface area contributed by atoms with Crippen LogP contribution in [0.5, 0.6) is 5.75 Å². The van der Waals surface area contributed by atoms with E-state index in [2.05, 4.69) is 4.99 Å². The molecule has 2 aromatic carbocycles. The van der Waals surface area contributed by atoms with Crippen molar-refractivity contribution in [1.29, 1.82) is 0 Å². The fraction of sp³-hybridized carbons (Fsp3) is 0.211. The first kappa shape index (κ1) is 21.5. The molecule has 0 bridgehead atoms. The average molecular weight is 450 g/mol. The number of thiazole rings is 1. The molecule has 0 radical (unpaired) electrons. The number of nitro groups is 1. The first-order chi connectivity index (χ1) is 14.3. The molecule has 9 nitrogen and oxygen atoms in total. The van der Waals surface area contributed by atoms with Gasteiger partial charge in [0.05, 0.1) is 33.9 Å². The smallest absolute Gasteiger partial charge is 0.325 e. The molecule has 3 rings (SSSR count). The lowest BCUT2D eigenvalue weighted by atomic mass is 10.2. The lowest BCUT2D eigenvalue weighted by Gasteiger charge is -2.08. The van der Waals surface area contributed by atoms with Crippen LogP contribution in [0.25, 0.3) is 10.2 Å². The molecule has 1 amide bonds. The zero-order valence-electron chi connectivity index (χ0n) is 16.0. The molecule has 0 aliphatic heterocycles. The Morgan fingerprint density at radius 1 is 1.30 bits per heavy atom. The number of hydrogen-bond donors (Lipinski definition) is 0. The maximum Gasteiger partial charge on any atom is 0.325 e. The van der Waals surface area contributed by atoms with Crippen molar-refractivity contribution in [3.8, 4) is 5.75 Å². The number of nitrogens with zero attached hydrogens (tertiary/aromatic N) is 3. The first-order valence-electron chi connectivity index (χ1n) is 8.70. The molecule has 0 aliphatic carbocycles. The molecule has 0 atom stereocenters. The predicted molar refractivity (Wildman–Crippen MR) is 111 cm³/mol. The molecule has 0 aliphatic rings. The van der Waals surface area contributed by atoms with E-state index in [0.717, 1.165) is 10.8 Å². The van der Waals surface area contributed by atoms with Gasteiger partial charge in [-0.05, 0) is 25.1 Å². The van der Waals surface area contributed by atoms with Crippen LogP contribution in [-0.4, -0.2) is 35.1 Å².